The normalized spacial score (nSPS) is 13.9. The molecule has 102 valence electrons. The van der Waals surface area contributed by atoms with Gasteiger partial charge in [0.1, 0.15) is 11.5 Å². The van der Waals surface area contributed by atoms with Gasteiger partial charge < -0.3 is 9.47 Å². The SMILES string of the molecule is COC(=O)CCC(=O)Cc1ccc(OC2CC2)cc1. The number of benzene rings is 1. The van der Waals surface area contributed by atoms with Crippen LogP contribution in [0.5, 0.6) is 5.75 Å². The van der Waals surface area contributed by atoms with Gasteiger partial charge in [0.25, 0.3) is 0 Å². The van der Waals surface area contributed by atoms with E-state index in [-0.39, 0.29) is 24.6 Å². The predicted octanol–water partition coefficient (Wildman–Crippen LogP) is 2.29. The fourth-order valence-corrected chi connectivity index (χ4v) is 1.72. The summed E-state index contributed by atoms with van der Waals surface area (Å²) in [4.78, 5) is 22.6. The smallest absolute Gasteiger partial charge is 0.305 e. The second-order valence-electron chi connectivity index (χ2n) is 4.75. The average molecular weight is 262 g/mol. The zero-order valence-corrected chi connectivity index (χ0v) is 11.1. The largest absolute Gasteiger partial charge is 0.490 e. The molecule has 1 aliphatic rings. The molecule has 0 aromatic heterocycles. The Labute approximate surface area is 112 Å². The lowest BCUT2D eigenvalue weighted by Gasteiger charge is -2.05. The molecule has 0 N–H and O–H groups in total. The van der Waals surface area contributed by atoms with Crippen LogP contribution in [0, 0.1) is 0 Å². The van der Waals surface area contributed by atoms with Gasteiger partial charge in [0, 0.05) is 12.8 Å². The van der Waals surface area contributed by atoms with E-state index in [4.69, 9.17) is 4.74 Å². The van der Waals surface area contributed by atoms with Crippen LogP contribution in [0.25, 0.3) is 0 Å². The maximum Gasteiger partial charge on any atom is 0.305 e. The van der Waals surface area contributed by atoms with Crippen molar-refractivity contribution in [1.82, 2.24) is 0 Å². The summed E-state index contributed by atoms with van der Waals surface area (Å²) in [6.45, 7) is 0. The molecule has 1 fully saturated rings. The second kappa shape index (κ2) is 6.36. The predicted molar refractivity (Wildman–Crippen MR) is 70.1 cm³/mol. The maximum absolute atomic E-state index is 11.7. The van der Waals surface area contributed by atoms with E-state index < -0.39 is 0 Å². The third kappa shape index (κ3) is 4.73. The van der Waals surface area contributed by atoms with Gasteiger partial charge in [-0.05, 0) is 30.5 Å². The van der Waals surface area contributed by atoms with E-state index in [1.807, 2.05) is 24.3 Å². The van der Waals surface area contributed by atoms with Gasteiger partial charge in [0.15, 0.2) is 0 Å². The van der Waals surface area contributed by atoms with Crippen molar-refractivity contribution in [2.45, 2.75) is 38.2 Å². The van der Waals surface area contributed by atoms with Crippen molar-refractivity contribution in [3.8, 4) is 5.75 Å². The van der Waals surface area contributed by atoms with Crippen LogP contribution in [0.1, 0.15) is 31.2 Å². The zero-order chi connectivity index (χ0) is 13.7. The molecule has 0 aliphatic heterocycles. The molecule has 19 heavy (non-hydrogen) atoms. The third-order valence-electron chi connectivity index (χ3n) is 2.99. The molecule has 0 atom stereocenters. The Kier molecular flexibility index (Phi) is 4.55. The van der Waals surface area contributed by atoms with Gasteiger partial charge in [-0.15, -0.1) is 0 Å². The highest BCUT2D eigenvalue weighted by atomic mass is 16.5. The van der Waals surface area contributed by atoms with Gasteiger partial charge in [0.2, 0.25) is 0 Å². The molecular weight excluding hydrogens is 244 g/mol. The van der Waals surface area contributed by atoms with Gasteiger partial charge in [0.05, 0.1) is 19.6 Å². The van der Waals surface area contributed by atoms with Gasteiger partial charge in [-0.3, -0.25) is 9.59 Å². The Morgan fingerprint density at radius 1 is 1.16 bits per heavy atom. The number of carbonyl (C=O) groups excluding carboxylic acids is 2. The minimum Gasteiger partial charge on any atom is -0.490 e. The molecule has 4 nitrogen and oxygen atoms in total. The molecule has 0 amide bonds. The van der Waals surface area contributed by atoms with Crippen LogP contribution in [0.2, 0.25) is 0 Å². The minimum atomic E-state index is -0.346. The van der Waals surface area contributed by atoms with Crippen LogP contribution in [0.4, 0.5) is 0 Å². The molecule has 1 aromatic rings. The Hall–Kier alpha value is -1.84. The van der Waals surface area contributed by atoms with Crippen LogP contribution in [-0.2, 0) is 20.7 Å². The van der Waals surface area contributed by atoms with Gasteiger partial charge >= 0.3 is 5.97 Å². The van der Waals surface area contributed by atoms with Crippen molar-refractivity contribution in [3.63, 3.8) is 0 Å². The summed E-state index contributed by atoms with van der Waals surface area (Å²) >= 11 is 0. The van der Waals surface area contributed by atoms with Crippen molar-refractivity contribution in [1.29, 1.82) is 0 Å². The first-order valence-electron chi connectivity index (χ1n) is 6.51. The van der Waals surface area contributed by atoms with Crippen molar-refractivity contribution in [3.05, 3.63) is 29.8 Å². The van der Waals surface area contributed by atoms with Crippen LogP contribution in [-0.4, -0.2) is 25.0 Å². The van der Waals surface area contributed by atoms with E-state index in [2.05, 4.69) is 4.74 Å². The van der Waals surface area contributed by atoms with Crippen molar-refractivity contribution < 1.29 is 19.1 Å². The summed E-state index contributed by atoms with van der Waals surface area (Å²) in [6.07, 6.45) is 3.38. The van der Waals surface area contributed by atoms with Crippen LogP contribution in [0.3, 0.4) is 0 Å². The first kappa shape index (κ1) is 13.6. The first-order chi connectivity index (χ1) is 9.17. The molecule has 0 spiro atoms. The number of esters is 1. The number of rotatable bonds is 7. The van der Waals surface area contributed by atoms with Crippen LogP contribution < -0.4 is 4.74 Å². The number of hydrogen-bond donors (Lipinski definition) is 0. The summed E-state index contributed by atoms with van der Waals surface area (Å²) in [7, 11) is 1.32. The Balaban J connectivity index is 1.77. The van der Waals surface area contributed by atoms with E-state index >= 15 is 0 Å². The highest BCUT2D eigenvalue weighted by Gasteiger charge is 2.23. The summed E-state index contributed by atoms with van der Waals surface area (Å²) < 4.78 is 10.1. The molecule has 1 saturated carbocycles. The van der Waals surface area contributed by atoms with Crippen molar-refractivity contribution >= 4 is 11.8 Å². The number of ether oxygens (including phenoxy) is 2. The number of methoxy groups -OCH3 is 1. The second-order valence-corrected chi connectivity index (χ2v) is 4.75. The summed E-state index contributed by atoms with van der Waals surface area (Å²) in [5, 5.41) is 0. The number of ketones is 1. The molecule has 1 aromatic carbocycles. The molecule has 0 bridgehead atoms. The standard InChI is InChI=1S/C15H18O4/c1-18-15(17)9-4-12(16)10-11-2-5-13(6-3-11)19-14-7-8-14/h2-3,5-6,14H,4,7-10H2,1H3. The Morgan fingerprint density at radius 3 is 2.42 bits per heavy atom. The molecule has 0 radical (unpaired) electrons. The Morgan fingerprint density at radius 2 is 1.84 bits per heavy atom. The number of hydrogen-bond acceptors (Lipinski definition) is 4. The first-order valence-corrected chi connectivity index (χ1v) is 6.51. The van der Waals surface area contributed by atoms with E-state index in [1.165, 1.54) is 7.11 Å². The molecule has 2 rings (SSSR count). The Bertz CT molecular complexity index is 446. The lowest BCUT2D eigenvalue weighted by Crippen LogP contribution is -2.07. The van der Waals surface area contributed by atoms with Crippen molar-refractivity contribution in [2.75, 3.05) is 7.11 Å². The molecule has 0 unspecified atom stereocenters. The monoisotopic (exact) mass is 262 g/mol. The fraction of sp³-hybridized carbons (Fsp3) is 0.467. The topological polar surface area (TPSA) is 52.6 Å². The van der Waals surface area contributed by atoms with E-state index in [0.717, 1.165) is 24.2 Å². The summed E-state index contributed by atoms with van der Waals surface area (Å²) in [5.41, 5.74) is 0.943. The average Bonchev–Trinajstić information content (AvgIpc) is 3.22. The summed E-state index contributed by atoms with van der Waals surface area (Å²) in [6, 6.07) is 7.57. The molecule has 0 saturated heterocycles. The maximum atomic E-state index is 11.7. The minimum absolute atomic E-state index is 0.0428. The number of carbonyl (C=O) groups is 2. The van der Waals surface area contributed by atoms with Gasteiger partial charge in [-0.25, -0.2) is 0 Å². The molecule has 1 aliphatic carbocycles. The molecule has 0 heterocycles. The number of Topliss-reactive ketones (excluding diaryl/α,β-unsaturated/α-hetero) is 1. The van der Waals surface area contributed by atoms with Gasteiger partial charge in [-0.2, -0.15) is 0 Å². The zero-order valence-electron chi connectivity index (χ0n) is 11.1. The lowest BCUT2D eigenvalue weighted by atomic mass is 10.1. The van der Waals surface area contributed by atoms with E-state index in [0.29, 0.717) is 12.5 Å². The fourth-order valence-electron chi connectivity index (χ4n) is 1.72. The summed E-state index contributed by atoms with van der Waals surface area (Å²) in [5.74, 6) is 0.552. The molecule has 4 heteroatoms. The van der Waals surface area contributed by atoms with Crippen LogP contribution in [0.15, 0.2) is 24.3 Å². The highest BCUT2D eigenvalue weighted by Crippen LogP contribution is 2.26. The third-order valence-corrected chi connectivity index (χ3v) is 2.99. The highest BCUT2D eigenvalue weighted by molar-refractivity contribution is 5.84. The van der Waals surface area contributed by atoms with Gasteiger partial charge in [-0.1, -0.05) is 12.1 Å². The molecular formula is C15H18O4. The van der Waals surface area contributed by atoms with E-state index in [9.17, 15) is 9.59 Å². The van der Waals surface area contributed by atoms with E-state index in [1.54, 1.807) is 0 Å². The lowest BCUT2D eigenvalue weighted by molar-refractivity contribution is -0.141. The van der Waals surface area contributed by atoms with Crippen molar-refractivity contribution in [2.24, 2.45) is 0 Å². The van der Waals surface area contributed by atoms with Crippen LogP contribution >= 0.6 is 0 Å². The quantitative estimate of drug-likeness (QED) is 0.707.